The third-order valence-electron chi connectivity index (χ3n) is 3.40. The highest BCUT2D eigenvalue weighted by Crippen LogP contribution is 2.35. The molecule has 0 unspecified atom stereocenters. The van der Waals surface area contributed by atoms with Crippen molar-refractivity contribution in [3.05, 3.63) is 30.4 Å². The zero-order valence-corrected chi connectivity index (χ0v) is 11.3. The standard InChI is InChI=1S/C14H18N4O2/c1-4-11(5-1)13-17-18-14(20-13)16-8-3-9-19-12-6-2-7-15-10-12/h2,6-7,10-11H,1,3-5,8-9H2,(H,16,18). The fourth-order valence-electron chi connectivity index (χ4n) is 2.02. The van der Waals surface area contributed by atoms with Crippen molar-refractivity contribution in [2.75, 3.05) is 18.5 Å². The Morgan fingerprint density at radius 1 is 1.35 bits per heavy atom. The molecule has 2 aromatic heterocycles. The summed E-state index contributed by atoms with van der Waals surface area (Å²) in [5, 5.41) is 11.2. The van der Waals surface area contributed by atoms with Gasteiger partial charge in [-0.15, -0.1) is 5.10 Å². The first-order valence-electron chi connectivity index (χ1n) is 7.02. The summed E-state index contributed by atoms with van der Waals surface area (Å²) in [6, 6.07) is 4.26. The number of anilines is 1. The summed E-state index contributed by atoms with van der Waals surface area (Å²) >= 11 is 0. The molecule has 2 heterocycles. The molecular weight excluding hydrogens is 256 g/mol. The van der Waals surface area contributed by atoms with E-state index in [1.165, 1.54) is 19.3 Å². The highest BCUT2D eigenvalue weighted by Gasteiger charge is 2.24. The number of ether oxygens (including phenoxy) is 1. The van der Waals surface area contributed by atoms with Crippen LogP contribution in [0.25, 0.3) is 0 Å². The topological polar surface area (TPSA) is 73.1 Å². The number of nitrogens with one attached hydrogen (secondary N) is 1. The van der Waals surface area contributed by atoms with Crippen LogP contribution in [0, 0.1) is 0 Å². The van der Waals surface area contributed by atoms with E-state index in [-0.39, 0.29) is 0 Å². The molecule has 6 nitrogen and oxygen atoms in total. The molecule has 0 amide bonds. The van der Waals surface area contributed by atoms with E-state index < -0.39 is 0 Å². The van der Waals surface area contributed by atoms with Gasteiger partial charge in [0.15, 0.2) is 0 Å². The number of aromatic nitrogens is 3. The van der Waals surface area contributed by atoms with Crippen LogP contribution in [0.2, 0.25) is 0 Å². The predicted molar refractivity (Wildman–Crippen MR) is 73.7 cm³/mol. The summed E-state index contributed by atoms with van der Waals surface area (Å²) in [5.74, 6) is 2.04. The Balaban J connectivity index is 1.34. The first-order chi connectivity index (χ1) is 9.92. The van der Waals surface area contributed by atoms with Crippen LogP contribution in [0.4, 0.5) is 6.01 Å². The Morgan fingerprint density at radius 2 is 2.30 bits per heavy atom. The second kappa shape index (κ2) is 6.36. The second-order valence-electron chi connectivity index (χ2n) is 4.89. The number of pyridine rings is 1. The van der Waals surface area contributed by atoms with Gasteiger partial charge in [0.05, 0.1) is 12.8 Å². The first-order valence-corrected chi connectivity index (χ1v) is 7.02. The third kappa shape index (κ3) is 3.26. The average molecular weight is 274 g/mol. The maximum Gasteiger partial charge on any atom is 0.315 e. The van der Waals surface area contributed by atoms with E-state index >= 15 is 0 Å². The minimum absolute atomic E-state index is 0.479. The lowest BCUT2D eigenvalue weighted by Gasteiger charge is -2.20. The van der Waals surface area contributed by atoms with E-state index in [0.717, 1.165) is 24.6 Å². The molecule has 1 fully saturated rings. The first kappa shape index (κ1) is 12.9. The largest absolute Gasteiger partial charge is 0.492 e. The van der Waals surface area contributed by atoms with Gasteiger partial charge < -0.3 is 14.5 Å². The molecule has 0 spiro atoms. The molecule has 1 N–H and O–H groups in total. The van der Waals surface area contributed by atoms with Crippen molar-refractivity contribution >= 4 is 6.01 Å². The molecule has 1 aliphatic carbocycles. The van der Waals surface area contributed by atoms with Crippen LogP contribution in [0.15, 0.2) is 28.9 Å². The van der Waals surface area contributed by atoms with E-state index in [1.54, 1.807) is 12.4 Å². The fourth-order valence-corrected chi connectivity index (χ4v) is 2.02. The van der Waals surface area contributed by atoms with Gasteiger partial charge in [0.25, 0.3) is 0 Å². The van der Waals surface area contributed by atoms with Gasteiger partial charge in [0.1, 0.15) is 5.75 Å². The molecule has 3 rings (SSSR count). The van der Waals surface area contributed by atoms with Crippen molar-refractivity contribution in [2.24, 2.45) is 0 Å². The van der Waals surface area contributed by atoms with Crippen LogP contribution in [0.5, 0.6) is 5.75 Å². The summed E-state index contributed by atoms with van der Waals surface area (Å²) in [6.07, 6.45) is 7.89. The summed E-state index contributed by atoms with van der Waals surface area (Å²) in [5.41, 5.74) is 0. The average Bonchev–Trinajstić information content (AvgIpc) is 2.86. The minimum atomic E-state index is 0.479. The van der Waals surface area contributed by atoms with Gasteiger partial charge in [-0.1, -0.05) is 11.5 Å². The zero-order valence-electron chi connectivity index (χ0n) is 11.3. The van der Waals surface area contributed by atoms with Crippen LogP contribution in [-0.2, 0) is 0 Å². The Hall–Kier alpha value is -2.11. The molecule has 0 radical (unpaired) electrons. The van der Waals surface area contributed by atoms with Crippen molar-refractivity contribution in [3.8, 4) is 5.75 Å². The molecule has 0 saturated heterocycles. The monoisotopic (exact) mass is 274 g/mol. The third-order valence-corrected chi connectivity index (χ3v) is 3.40. The van der Waals surface area contributed by atoms with Crippen LogP contribution in [0.3, 0.4) is 0 Å². The van der Waals surface area contributed by atoms with Crippen molar-refractivity contribution in [1.82, 2.24) is 15.2 Å². The smallest absolute Gasteiger partial charge is 0.315 e. The number of hydrogen-bond acceptors (Lipinski definition) is 6. The van der Waals surface area contributed by atoms with Crippen LogP contribution in [-0.4, -0.2) is 28.3 Å². The van der Waals surface area contributed by atoms with Crippen molar-refractivity contribution < 1.29 is 9.15 Å². The number of hydrogen-bond donors (Lipinski definition) is 1. The zero-order chi connectivity index (χ0) is 13.6. The summed E-state index contributed by atoms with van der Waals surface area (Å²) < 4.78 is 11.1. The molecule has 20 heavy (non-hydrogen) atoms. The molecule has 0 bridgehead atoms. The van der Waals surface area contributed by atoms with Crippen LogP contribution >= 0.6 is 0 Å². The molecule has 2 aromatic rings. The van der Waals surface area contributed by atoms with Crippen molar-refractivity contribution in [3.63, 3.8) is 0 Å². The Labute approximate surface area is 117 Å². The van der Waals surface area contributed by atoms with Gasteiger partial charge >= 0.3 is 6.01 Å². The Kier molecular flexibility index (Phi) is 4.10. The highest BCUT2D eigenvalue weighted by atomic mass is 16.5. The van der Waals surface area contributed by atoms with Gasteiger partial charge in [-0.25, -0.2) is 0 Å². The number of nitrogens with zero attached hydrogens (tertiary/aromatic N) is 3. The summed E-state index contributed by atoms with van der Waals surface area (Å²) in [4.78, 5) is 3.99. The Morgan fingerprint density at radius 3 is 3.05 bits per heavy atom. The SMILES string of the molecule is c1cncc(OCCCNc2nnc(C3CCC3)o2)c1. The molecule has 1 aliphatic rings. The lowest BCUT2D eigenvalue weighted by atomic mass is 9.85. The minimum Gasteiger partial charge on any atom is -0.492 e. The maximum atomic E-state index is 5.57. The van der Waals surface area contributed by atoms with E-state index in [2.05, 4.69) is 20.5 Å². The fraction of sp³-hybridized carbons (Fsp3) is 0.500. The van der Waals surface area contributed by atoms with Crippen molar-refractivity contribution in [2.45, 2.75) is 31.6 Å². The van der Waals surface area contributed by atoms with Gasteiger partial charge in [0, 0.05) is 18.7 Å². The molecule has 0 aromatic carbocycles. The molecule has 0 aliphatic heterocycles. The molecule has 6 heteroatoms. The van der Waals surface area contributed by atoms with E-state index in [0.29, 0.717) is 18.5 Å². The van der Waals surface area contributed by atoms with E-state index in [1.807, 2.05) is 12.1 Å². The molecule has 1 saturated carbocycles. The normalized spacial score (nSPS) is 14.8. The molecule has 106 valence electrons. The van der Waals surface area contributed by atoms with E-state index in [4.69, 9.17) is 9.15 Å². The quantitative estimate of drug-likeness (QED) is 0.782. The number of rotatable bonds is 7. The summed E-state index contributed by atoms with van der Waals surface area (Å²) in [7, 11) is 0. The van der Waals surface area contributed by atoms with Gasteiger partial charge in [-0.3, -0.25) is 4.98 Å². The molecule has 0 atom stereocenters. The Bertz CT molecular complexity index is 525. The second-order valence-corrected chi connectivity index (χ2v) is 4.89. The van der Waals surface area contributed by atoms with Gasteiger partial charge in [0.2, 0.25) is 5.89 Å². The van der Waals surface area contributed by atoms with Gasteiger partial charge in [-0.05, 0) is 31.4 Å². The molecular formula is C14H18N4O2. The predicted octanol–water partition coefficient (Wildman–Crippen LogP) is 2.61. The highest BCUT2D eigenvalue weighted by molar-refractivity contribution is 5.18. The lowest BCUT2D eigenvalue weighted by molar-refractivity contribution is 0.312. The maximum absolute atomic E-state index is 5.57. The lowest BCUT2D eigenvalue weighted by Crippen LogP contribution is -2.09. The van der Waals surface area contributed by atoms with Gasteiger partial charge in [-0.2, -0.15) is 0 Å². The van der Waals surface area contributed by atoms with Crippen molar-refractivity contribution in [1.29, 1.82) is 0 Å². The van der Waals surface area contributed by atoms with Crippen LogP contribution in [0.1, 0.15) is 37.5 Å². The summed E-state index contributed by atoms with van der Waals surface area (Å²) in [6.45, 7) is 1.37. The van der Waals surface area contributed by atoms with E-state index in [9.17, 15) is 0 Å². The van der Waals surface area contributed by atoms with Crippen LogP contribution < -0.4 is 10.1 Å².